The molecule has 33 heteroatoms. The topological polar surface area (TPSA) is 278 Å². The molecule has 546 valence electrons. The van der Waals surface area contributed by atoms with Crippen molar-refractivity contribution in [3.05, 3.63) is 236 Å². The van der Waals surface area contributed by atoms with Gasteiger partial charge >= 0.3 is 44.2 Å². The molecule has 0 atom stereocenters. The SMILES string of the molecule is O=C(NCCS(=O)(=O)O)c1ccc(-c2c3nc(c(C(F)(F)F)c4ccc([n-]4)c(-c4ccc(C#Cc5ccc(-c6c7nc(c(C(F)(F)F)c8ccc([nH]8)c(-c8ccc(C(=O)NCCS(=O)(=O)O)cc8)c8nc(c(C(F)(F)F)c9ccc6[nH]9)C=C8)C=C7)cc5)cc4)c4nc(c(C(F)(F)F)c5ccc2[n-]5)C=C4)C=C3)cc1.[Zn+2]. The average molecular weight is 1580 g/mol. The van der Waals surface area contributed by atoms with E-state index in [9.17, 15) is 26.4 Å². The maximum absolute atomic E-state index is 15.5. The number of halogens is 12. The van der Waals surface area contributed by atoms with Gasteiger partial charge in [-0.3, -0.25) is 18.7 Å². The number of benzene rings is 4. The predicted octanol–water partition coefficient (Wildman–Crippen LogP) is 16.3. The molecular formula is C76H46F12N10O8S2Zn. The van der Waals surface area contributed by atoms with Crippen molar-refractivity contribution in [3.63, 3.8) is 0 Å². The summed E-state index contributed by atoms with van der Waals surface area (Å²) in [6, 6.07) is 32.1. The van der Waals surface area contributed by atoms with E-state index >= 15 is 52.7 Å². The first kappa shape index (κ1) is 75.4. The third-order valence-electron chi connectivity index (χ3n) is 17.4. The maximum Gasteiger partial charge on any atom is 2.00 e. The van der Waals surface area contributed by atoms with Crippen LogP contribution in [0.15, 0.2) is 146 Å². The first-order valence-electron chi connectivity index (χ1n) is 32.0. The fourth-order valence-electron chi connectivity index (χ4n) is 12.6. The number of rotatable bonds is 12. The van der Waals surface area contributed by atoms with Crippen LogP contribution in [0, 0.1) is 11.8 Å². The molecule has 2 amide bonds. The van der Waals surface area contributed by atoms with Crippen LogP contribution in [-0.2, 0) is 64.4 Å². The monoisotopic (exact) mass is 1580 g/mol. The molecule has 0 fully saturated rings. The molecule has 0 spiro atoms. The Bertz CT molecular complexity index is 5830. The molecule has 6 aromatic heterocycles. The van der Waals surface area contributed by atoms with Crippen molar-refractivity contribution < 1.29 is 108 Å². The van der Waals surface area contributed by atoms with Crippen LogP contribution in [0.1, 0.15) is 99.6 Å². The molecule has 14 rings (SSSR count). The molecule has 10 aromatic rings. The van der Waals surface area contributed by atoms with Crippen LogP contribution in [0.4, 0.5) is 52.7 Å². The molecule has 0 aliphatic carbocycles. The second-order valence-corrected chi connectivity index (χ2v) is 27.6. The minimum atomic E-state index is -5.11. The van der Waals surface area contributed by atoms with E-state index in [2.05, 4.69) is 62.3 Å². The molecular weight excluding hydrogens is 1540 g/mol. The van der Waals surface area contributed by atoms with E-state index in [-0.39, 0.29) is 120 Å². The second-order valence-electron chi connectivity index (χ2n) is 24.5. The normalized spacial score (nSPS) is 12.9. The Morgan fingerprint density at radius 2 is 0.624 bits per heavy atom. The molecule has 16 bridgehead atoms. The number of amides is 2. The molecule has 18 nitrogen and oxygen atoms in total. The zero-order valence-electron chi connectivity index (χ0n) is 55.4. The number of aromatic nitrogens is 8. The van der Waals surface area contributed by atoms with E-state index in [4.69, 9.17) is 9.11 Å². The second kappa shape index (κ2) is 28.7. The van der Waals surface area contributed by atoms with Crippen molar-refractivity contribution in [3.8, 4) is 56.3 Å². The van der Waals surface area contributed by atoms with Crippen molar-refractivity contribution in [2.24, 2.45) is 0 Å². The summed E-state index contributed by atoms with van der Waals surface area (Å²) in [6.45, 7) is -0.909. The molecule has 0 saturated heterocycles. The summed E-state index contributed by atoms with van der Waals surface area (Å²) in [5.74, 6) is 2.89. The first-order chi connectivity index (χ1) is 51.1. The van der Waals surface area contributed by atoms with Crippen LogP contribution < -0.4 is 20.6 Å². The van der Waals surface area contributed by atoms with Gasteiger partial charge in [-0.15, -0.1) is 22.1 Å². The van der Waals surface area contributed by atoms with Gasteiger partial charge in [0, 0.05) is 57.5 Å². The predicted molar refractivity (Wildman–Crippen MR) is 381 cm³/mol. The molecule has 4 aliphatic rings. The molecule has 4 aromatic carbocycles. The van der Waals surface area contributed by atoms with E-state index < -0.39 is 148 Å². The molecule has 0 saturated carbocycles. The number of nitrogens with zero attached hydrogens (tertiary/aromatic N) is 6. The summed E-state index contributed by atoms with van der Waals surface area (Å²) < 4.78 is 249. The fraction of sp³-hybridized carbons (Fsp3) is 0.105. The quantitative estimate of drug-likeness (QED) is 0.0287. The number of carbonyl (C=O) groups excluding carboxylic acids is 2. The van der Waals surface area contributed by atoms with Gasteiger partial charge in [0.05, 0.1) is 79.2 Å². The van der Waals surface area contributed by atoms with Crippen LogP contribution in [0.3, 0.4) is 0 Å². The number of aromatic amines is 2. The summed E-state index contributed by atoms with van der Waals surface area (Å²) >= 11 is 0. The molecule has 109 heavy (non-hydrogen) atoms. The van der Waals surface area contributed by atoms with Gasteiger partial charge in [-0.1, -0.05) is 84.6 Å². The van der Waals surface area contributed by atoms with E-state index in [0.29, 0.717) is 11.1 Å². The van der Waals surface area contributed by atoms with E-state index in [1.54, 1.807) is 0 Å². The van der Waals surface area contributed by atoms with Crippen molar-refractivity contribution in [1.29, 1.82) is 0 Å². The summed E-state index contributed by atoms with van der Waals surface area (Å²) in [5, 5.41) is 4.65. The Kier molecular flexibility index (Phi) is 19.9. The third-order valence-corrected chi connectivity index (χ3v) is 18.8. The van der Waals surface area contributed by atoms with Crippen LogP contribution in [0.5, 0.6) is 0 Å². The largest absolute Gasteiger partial charge is 2.00 e. The van der Waals surface area contributed by atoms with Crippen LogP contribution >= 0.6 is 0 Å². The molecule has 4 aliphatic heterocycles. The zero-order chi connectivity index (χ0) is 76.6. The van der Waals surface area contributed by atoms with Crippen LogP contribution in [0.25, 0.3) is 137 Å². The van der Waals surface area contributed by atoms with Gasteiger partial charge in [-0.05, 0) is 155 Å². The van der Waals surface area contributed by atoms with E-state index in [1.165, 1.54) is 146 Å². The Hall–Kier alpha value is -11.8. The molecule has 0 radical (unpaired) electrons. The third kappa shape index (κ3) is 16.0. The standard InChI is InChI=1S/C76H48F12N10O8S2.Zn/c77-73(78,79)67-55-27-19-47(91-55)63(48-20-28-56(92-48)68(74(80,81)82)60-32-24-52(96-60)65(51-23-31-59(67)95-51)43-11-15-45(16-12-43)71(99)89-35-37-107(101,102)103)41-7-3-39(4-8-41)1-2-40-5-9-42(10-6-40)64-49-21-29-57(93-49)69(75(83,84)85)61-33-25-53(97-61)66(44-13-17-46(18-14-44)72(100)90-36-38-108(104,105)106)54-26-34-62(98-54)70(76(86,87)88)58-30-22-50(64)94-58;/h3-34H,35-38H2,(H8,89,90,91,92,93,94,95,96,97,98,99,100,101,102,103,104,105,106);/q;+2/p-2. The average Bonchev–Trinajstić information content (AvgIpc) is 1.62. The van der Waals surface area contributed by atoms with E-state index in [1.807, 2.05) is 0 Å². The Balaban J connectivity index is 0.0000105. The van der Waals surface area contributed by atoms with Gasteiger partial charge in [-0.2, -0.15) is 69.5 Å². The summed E-state index contributed by atoms with van der Waals surface area (Å²) in [5.41, 5.74) is -8.90. The van der Waals surface area contributed by atoms with Gasteiger partial charge in [0.25, 0.3) is 32.1 Å². The van der Waals surface area contributed by atoms with Crippen molar-refractivity contribution in [1.82, 2.24) is 50.5 Å². The molecule has 10 heterocycles. The fourth-order valence-corrected chi connectivity index (χ4v) is 13.3. The molecule has 0 unspecified atom stereocenters. The Morgan fingerprint density at radius 1 is 0.358 bits per heavy atom. The minimum Gasteiger partial charge on any atom is -0.657 e. The Morgan fingerprint density at radius 3 is 0.936 bits per heavy atom. The summed E-state index contributed by atoms with van der Waals surface area (Å²) in [6.07, 6.45) is -11.1. The first-order valence-corrected chi connectivity index (χ1v) is 35.2. The van der Waals surface area contributed by atoms with Gasteiger partial charge in [0.1, 0.15) is 11.1 Å². The number of carbonyl (C=O) groups is 2. The number of nitrogens with one attached hydrogen (secondary N) is 4. The van der Waals surface area contributed by atoms with Gasteiger partial charge in [0.15, 0.2) is 0 Å². The number of hydrogen-bond acceptors (Lipinski definition) is 10. The van der Waals surface area contributed by atoms with Crippen LogP contribution in [0.2, 0.25) is 0 Å². The zero-order valence-corrected chi connectivity index (χ0v) is 60.0. The van der Waals surface area contributed by atoms with E-state index in [0.717, 1.165) is 48.6 Å². The minimum absolute atomic E-state index is 0. The van der Waals surface area contributed by atoms with Gasteiger partial charge < -0.3 is 30.6 Å². The maximum atomic E-state index is 15.5. The number of alkyl halides is 12. The summed E-state index contributed by atoms with van der Waals surface area (Å²) in [4.78, 5) is 57.7. The van der Waals surface area contributed by atoms with Crippen molar-refractivity contribution >= 4 is 125 Å². The van der Waals surface area contributed by atoms with Gasteiger partial charge in [0.2, 0.25) is 0 Å². The summed E-state index contributed by atoms with van der Waals surface area (Å²) in [7, 11) is -8.84. The number of H-pyrrole nitrogens is 2. The van der Waals surface area contributed by atoms with Crippen molar-refractivity contribution in [2.75, 3.05) is 24.6 Å². The molecule has 6 N–H and O–H groups in total. The Labute approximate surface area is 620 Å². The smallest absolute Gasteiger partial charge is 0.657 e. The van der Waals surface area contributed by atoms with Crippen molar-refractivity contribution in [2.45, 2.75) is 24.7 Å². The number of fused-ring (bicyclic) bond motifs is 16. The van der Waals surface area contributed by atoms with Crippen LogP contribution in [-0.4, -0.2) is 92.3 Å². The number of hydrogen-bond donors (Lipinski definition) is 6. The van der Waals surface area contributed by atoms with Gasteiger partial charge in [-0.25, -0.2) is 19.9 Å².